The van der Waals surface area contributed by atoms with Crippen LogP contribution in [-0.2, 0) is 4.79 Å². The predicted octanol–water partition coefficient (Wildman–Crippen LogP) is 2.62. The first kappa shape index (κ1) is 17.8. The molecule has 0 saturated carbocycles. The van der Waals surface area contributed by atoms with Gasteiger partial charge >= 0.3 is 0 Å². The Kier molecular flexibility index (Phi) is 5.61. The van der Waals surface area contributed by atoms with E-state index in [0.29, 0.717) is 12.1 Å². The molecule has 136 valence electrons. The van der Waals surface area contributed by atoms with Gasteiger partial charge in [0.25, 0.3) is 5.91 Å². The summed E-state index contributed by atoms with van der Waals surface area (Å²) in [6.45, 7) is 3.07. The van der Waals surface area contributed by atoms with E-state index in [-0.39, 0.29) is 17.7 Å². The number of benzene rings is 1. The number of carbonyl (C=O) groups excluding carboxylic acids is 2. The molecule has 5 heteroatoms. The lowest BCUT2D eigenvalue weighted by Crippen LogP contribution is -2.47. The Labute approximate surface area is 150 Å². The van der Waals surface area contributed by atoms with Gasteiger partial charge in [-0.2, -0.15) is 0 Å². The number of hydrogen-bond acceptors (Lipinski definition) is 3. The summed E-state index contributed by atoms with van der Waals surface area (Å²) in [5, 5.41) is 0. The average molecular weight is 343 g/mol. The molecule has 2 amide bonds. The number of nitrogens with zero attached hydrogens (tertiary/aromatic N) is 3. The standard InChI is InChI=1S/C20H29N3O2/c1-21(2)18-10-6-8-16(14-18)19(24)23-13-7-9-17(15-23)20(25)22-11-4-3-5-12-22/h6,8,10,14,17H,3-5,7,9,11-13,15H2,1-2H3/t17-/m0/s1. The number of piperidine rings is 2. The van der Waals surface area contributed by atoms with Gasteiger partial charge in [-0.05, 0) is 50.3 Å². The van der Waals surface area contributed by atoms with Crippen LogP contribution in [0.25, 0.3) is 0 Å². The molecule has 0 N–H and O–H groups in total. The number of likely N-dealkylation sites (tertiary alicyclic amines) is 2. The zero-order valence-corrected chi connectivity index (χ0v) is 15.4. The van der Waals surface area contributed by atoms with Crippen molar-refractivity contribution in [3.8, 4) is 0 Å². The first-order valence-corrected chi connectivity index (χ1v) is 9.41. The fourth-order valence-electron chi connectivity index (χ4n) is 3.84. The molecule has 5 nitrogen and oxygen atoms in total. The van der Waals surface area contributed by atoms with Crippen LogP contribution in [0.5, 0.6) is 0 Å². The minimum Gasteiger partial charge on any atom is -0.378 e. The van der Waals surface area contributed by atoms with Gasteiger partial charge in [0.15, 0.2) is 0 Å². The van der Waals surface area contributed by atoms with Crippen LogP contribution in [0.3, 0.4) is 0 Å². The topological polar surface area (TPSA) is 43.9 Å². The molecule has 2 fully saturated rings. The summed E-state index contributed by atoms with van der Waals surface area (Å²) in [5.41, 5.74) is 1.72. The smallest absolute Gasteiger partial charge is 0.253 e. The molecule has 0 spiro atoms. The SMILES string of the molecule is CN(C)c1cccc(C(=O)N2CCC[C@H](C(=O)N3CCCCC3)C2)c1. The molecule has 3 rings (SSSR count). The van der Waals surface area contributed by atoms with Crippen molar-refractivity contribution in [1.29, 1.82) is 0 Å². The van der Waals surface area contributed by atoms with E-state index in [1.165, 1.54) is 6.42 Å². The third-order valence-electron chi connectivity index (χ3n) is 5.34. The quantitative estimate of drug-likeness (QED) is 0.847. The molecule has 0 bridgehead atoms. The molecule has 25 heavy (non-hydrogen) atoms. The summed E-state index contributed by atoms with van der Waals surface area (Å²) in [6.07, 6.45) is 5.25. The maximum Gasteiger partial charge on any atom is 0.253 e. The first-order valence-electron chi connectivity index (χ1n) is 9.41. The van der Waals surface area contributed by atoms with Crippen molar-refractivity contribution in [2.24, 2.45) is 5.92 Å². The van der Waals surface area contributed by atoms with Crippen LogP contribution in [-0.4, -0.2) is 61.9 Å². The molecule has 0 radical (unpaired) electrons. The molecule has 2 saturated heterocycles. The summed E-state index contributed by atoms with van der Waals surface area (Å²) < 4.78 is 0. The molecule has 0 unspecified atom stereocenters. The van der Waals surface area contributed by atoms with Gasteiger partial charge in [-0.15, -0.1) is 0 Å². The Balaban J connectivity index is 1.67. The van der Waals surface area contributed by atoms with Gasteiger partial charge in [0.2, 0.25) is 5.91 Å². The molecule has 2 aliphatic rings. The van der Waals surface area contributed by atoms with Gasteiger partial charge in [0.1, 0.15) is 0 Å². The highest BCUT2D eigenvalue weighted by Crippen LogP contribution is 2.23. The van der Waals surface area contributed by atoms with E-state index in [4.69, 9.17) is 0 Å². The third kappa shape index (κ3) is 4.14. The van der Waals surface area contributed by atoms with E-state index < -0.39 is 0 Å². The second-order valence-electron chi connectivity index (χ2n) is 7.42. The molecule has 2 aliphatic heterocycles. The number of hydrogen-bond donors (Lipinski definition) is 0. The van der Waals surface area contributed by atoms with Crippen LogP contribution in [0.2, 0.25) is 0 Å². The highest BCUT2D eigenvalue weighted by molar-refractivity contribution is 5.95. The van der Waals surface area contributed by atoms with Gasteiger partial charge < -0.3 is 14.7 Å². The van der Waals surface area contributed by atoms with Gasteiger partial charge in [-0.1, -0.05) is 6.07 Å². The lowest BCUT2D eigenvalue weighted by Gasteiger charge is -2.36. The Morgan fingerprint density at radius 2 is 1.72 bits per heavy atom. The van der Waals surface area contributed by atoms with Crippen molar-refractivity contribution in [3.05, 3.63) is 29.8 Å². The fourth-order valence-corrected chi connectivity index (χ4v) is 3.84. The molecular weight excluding hydrogens is 314 g/mol. The van der Waals surface area contributed by atoms with E-state index >= 15 is 0 Å². The van der Waals surface area contributed by atoms with Gasteiger partial charge in [-0.25, -0.2) is 0 Å². The second kappa shape index (κ2) is 7.89. The van der Waals surface area contributed by atoms with E-state index in [1.54, 1.807) is 0 Å². The van der Waals surface area contributed by atoms with Crippen molar-refractivity contribution < 1.29 is 9.59 Å². The van der Waals surface area contributed by atoms with E-state index in [1.807, 2.05) is 53.1 Å². The average Bonchev–Trinajstić information content (AvgIpc) is 2.67. The zero-order valence-electron chi connectivity index (χ0n) is 15.4. The molecule has 1 aromatic rings. The van der Waals surface area contributed by atoms with Crippen LogP contribution in [0.1, 0.15) is 42.5 Å². The van der Waals surface area contributed by atoms with Crippen LogP contribution in [0.4, 0.5) is 5.69 Å². The van der Waals surface area contributed by atoms with Crippen molar-refractivity contribution in [2.75, 3.05) is 45.2 Å². The molecule has 0 aromatic heterocycles. The molecule has 2 heterocycles. The minimum atomic E-state index is -0.0344. The fraction of sp³-hybridized carbons (Fsp3) is 0.600. The van der Waals surface area contributed by atoms with E-state index in [2.05, 4.69) is 0 Å². The Morgan fingerprint density at radius 3 is 2.44 bits per heavy atom. The molecule has 1 aromatic carbocycles. The number of rotatable bonds is 3. The van der Waals surface area contributed by atoms with Crippen LogP contribution >= 0.6 is 0 Å². The van der Waals surface area contributed by atoms with Crippen LogP contribution in [0, 0.1) is 5.92 Å². The Hall–Kier alpha value is -2.04. The molecule has 1 atom stereocenters. The van der Waals surface area contributed by atoms with E-state index in [0.717, 1.165) is 51.0 Å². The minimum absolute atomic E-state index is 0.0344. The lowest BCUT2D eigenvalue weighted by molar-refractivity contribution is -0.137. The van der Waals surface area contributed by atoms with Gasteiger partial charge in [0, 0.05) is 51.5 Å². The Morgan fingerprint density at radius 1 is 1.00 bits per heavy atom. The second-order valence-corrected chi connectivity index (χ2v) is 7.42. The third-order valence-corrected chi connectivity index (χ3v) is 5.34. The number of anilines is 1. The van der Waals surface area contributed by atoms with Crippen LogP contribution < -0.4 is 4.90 Å². The van der Waals surface area contributed by atoms with Crippen molar-refractivity contribution >= 4 is 17.5 Å². The largest absolute Gasteiger partial charge is 0.378 e. The summed E-state index contributed by atoms with van der Waals surface area (Å²) in [4.78, 5) is 31.6. The predicted molar refractivity (Wildman–Crippen MR) is 99.8 cm³/mol. The van der Waals surface area contributed by atoms with Crippen molar-refractivity contribution in [3.63, 3.8) is 0 Å². The highest BCUT2D eigenvalue weighted by atomic mass is 16.2. The van der Waals surface area contributed by atoms with E-state index in [9.17, 15) is 9.59 Å². The van der Waals surface area contributed by atoms with Gasteiger partial charge in [-0.3, -0.25) is 9.59 Å². The summed E-state index contributed by atoms with van der Waals surface area (Å²) in [6, 6.07) is 7.71. The normalized spacial score (nSPS) is 21.1. The molecular formula is C20H29N3O2. The maximum absolute atomic E-state index is 12.9. The monoisotopic (exact) mass is 343 g/mol. The van der Waals surface area contributed by atoms with Crippen molar-refractivity contribution in [1.82, 2.24) is 9.80 Å². The Bertz CT molecular complexity index is 623. The van der Waals surface area contributed by atoms with Gasteiger partial charge in [0.05, 0.1) is 5.92 Å². The number of carbonyl (C=O) groups is 2. The lowest BCUT2D eigenvalue weighted by atomic mass is 9.95. The zero-order chi connectivity index (χ0) is 17.8. The maximum atomic E-state index is 12.9. The van der Waals surface area contributed by atoms with Crippen molar-refractivity contribution in [2.45, 2.75) is 32.1 Å². The summed E-state index contributed by atoms with van der Waals surface area (Å²) >= 11 is 0. The molecule has 0 aliphatic carbocycles. The summed E-state index contributed by atoms with van der Waals surface area (Å²) in [7, 11) is 3.94. The van der Waals surface area contributed by atoms with Crippen LogP contribution in [0.15, 0.2) is 24.3 Å². The number of amides is 2. The first-order chi connectivity index (χ1) is 12.1. The highest BCUT2D eigenvalue weighted by Gasteiger charge is 2.32. The summed E-state index contributed by atoms with van der Waals surface area (Å²) in [5.74, 6) is 0.256.